The number of aromatic hydroxyl groups is 1. The third kappa shape index (κ3) is 1.08. The normalized spacial score (nSPS) is 14.2. The summed E-state index contributed by atoms with van der Waals surface area (Å²) < 4.78 is 0.787. The van der Waals surface area contributed by atoms with Crippen LogP contribution >= 0.6 is 15.9 Å². The summed E-state index contributed by atoms with van der Waals surface area (Å²) in [5, 5.41) is 12.0. The number of carbonyl (C=O) groups is 1. The number of phenolic OH excluding ortho intramolecular Hbond substituents is 1. The molecule has 1 heterocycles. The maximum atomic E-state index is 10.9. The highest BCUT2D eigenvalue weighted by Gasteiger charge is 2.20. The maximum Gasteiger partial charge on any atom is 0.228 e. The number of halogens is 1. The van der Waals surface area contributed by atoms with E-state index in [1.807, 2.05) is 6.07 Å². The van der Waals surface area contributed by atoms with Crippen molar-refractivity contribution in [2.45, 2.75) is 6.42 Å². The van der Waals surface area contributed by atoms with Crippen molar-refractivity contribution in [3.05, 3.63) is 22.2 Å². The largest absolute Gasteiger partial charge is 0.506 e. The number of nitrogens with one attached hydrogen (secondary N) is 1. The van der Waals surface area contributed by atoms with E-state index in [1.165, 1.54) is 0 Å². The number of anilines is 1. The van der Waals surface area contributed by atoms with Gasteiger partial charge in [0.25, 0.3) is 0 Å². The first-order valence-corrected chi connectivity index (χ1v) is 4.27. The highest BCUT2D eigenvalue weighted by atomic mass is 79.9. The summed E-state index contributed by atoms with van der Waals surface area (Å²) in [4.78, 5) is 10.9. The minimum absolute atomic E-state index is 0.0709. The molecule has 0 aliphatic carbocycles. The molecule has 0 unspecified atom stereocenters. The van der Waals surface area contributed by atoms with Gasteiger partial charge in [-0.15, -0.1) is 0 Å². The summed E-state index contributed by atoms with van der Waals surface area (Å²) in [6.45, 7) is 0. The number of hydrogen-bond donors (Lipinski definition) is 2. The van der Waals surface area contributed by atoms with Crippen LogP contribution in [-0.2, 0) is 11.2 Å². The van der Waals surface area contributed by atoms with Gasteiger partial charge < -0.3 is 10.4 Å². The Hall–Kier alpha value is -1.03. The SMILES string of the molecule is O=C1Cc2cc(Br)cc(O)c2N1. The number of rotatable bonds is 0. The van der Waals surface area contributed by atoms with E-state index in [0.717, 1.165) is 10.0 Å². The second-order valence-corrected chi connectivity index (χ2v) is 3.60. The standard InChI is InChI=1S/C8H6BrNO2/c9-5-1-4-2-7(12)10-8(4)6(11)3-5/h1,3,11H,2H2,(H,10,12). The molecule has 12 heavy (non-hydrogen) atoms. The fourth-order valence-corrected chi connectivity index (χ4v) is 1.78. The quantitative estimate of drug-likeness (QED) is 0.663. The molecule has 2 rings (SSSR count). The summed E-state index contributed by atoms with van der Waals surface area (Å²) in [6, 6.07) is 3.39. The van der Waals surface area contributed by atoms with Gasteiger partial charge in [0.15, 0.2) is 0 Å². The van der Waals surface area contributed by atoms with E-state index in [1.54, 1.807) is 6.07 Å². The van der Waals surface area contributed by atoms with Gasteiger partial charge in [0.2, 0.25) is 5.91 Å². The molecule has 0 spiro atoms. The number of carbonyl (C=O) groups excluding carboxylic acids is 1. The van der Waals surface area contributed by atoms with Crippen molar-refractivity contribution in [3.8, 4) is 5.75 Å². The van der Waals surface area contributed by atoms with Gasteiger partial charge in [-0.25, -0.2) is 0 Å². The summed E-state index contributed by atoms with van der Waals surface area (Å²) in [5.74, 6) is 0.0450. The Balaban J connectivity index is 2.59. The number of fused-ring (bicyclic) bond motifs is 1. The Bertz CT molecular complexity index is 362. The van der Waals surface area contributed by atoms with E-state index in [9.17, 15) is 9.90 Å². The van der Waals surface area contributed by atoms with Gasteiger partial charge in [0.1, 0.15) is 5.75 Å². The van der Waals surface area contributed by atoms with Crippen LogP contribution in [0.5, 0.6) is 5.75 Å². The Kier molecular flexibility index (Phi) is 1.58. The van der Waals surface area contributed by atoms with E-state index in [0.29, 0.717) is 12.1 Å². The van der Waals surface area contributed by atoms with Crippen LogP contribution < -0.4 is 5.32 Å². The monoisotopic (exact) mass is 227 g/mol. The average molecular weight is 228 g/mol. The van der Waals surface area contributed by atoms with E-state index in [4.69, 9.17) is 0 Å². The van der Waals surface area contributed by atoms with Crippen LogP contribution in [0.25, 0.3) is 0 Å². The smallest absolute Gasteiger partial charge is 0.228 e. The minimum atomic E-state index is -0.0709. The molecule has 1 amide bonds. The van der Waals surface area contributed by atoms with Crippen LogP contribution in [0.2, 0.25) is 0 Å². The molecule has 1 aliphatic heterocycles. The zero-order valence-corrected chi connectivity index (χ0v) is 7.68. The second kappa shape index (κ2) is 2.48. The predicted octanol–water partition coefficient (Wildman–Crippen LogP) is 1.65. The van der Waals surface area contributed by atoms with Gasteiger partial charge in [0.05, 0.1) is 12.1 Å². The van der Waals surface area contributed by atoms with Crippen LogP contribution in [0.4, 0.5) is 5.69 Å². The fourth-order valence-electron chi connectivity index (χ4n) is 1.29. The average Bonchev–Trinajstić information content (AvgIpc) is 2.29. The lowest BCUT2D eigenvalue weighted by Crippen LogP contribution is -2.03. The molecule has 3 nitrogen and oxygen atoms in total. The molecule has 0 saturated heterocycles. The molecule has 0 aromatic heterocycles. The lowest BCUT2D eigenvalue weighted by Gasteiger charge is -2.01. The van der Waals surface area contributed by atoms with E-state index in [2.05, 4.69) is 21.2 Å². The molecule has 0 saturated carbocycles. The van der Waals surface area contributed by atoms with Crippen LogP contribution in [0, 0.1) is 0 Å². The number of hydrogen-bond acceptors (Lipinski definition) is 2. The van der Waals surface area contributed by atoms with Crippen molar-refractivity contribution in [3.63, 3.8) is 0 Å². The molecule has 62 valence electrons. The fraction of sp³-hybridized carbons (Fsp3) is 0.125. The highest BCUT2D eigenvalue weighted by Crippen LogP contribution is 2.35. The Labute approximate surface area is 77.5 Å². The number of amides is 1. The predicted molar refractivity (Wildman–Crippen MR) is 48.1 cm³/mol. The van der Waals surface area contributed by atoms with Crippen LogP contribution in [0.3, 0.4) is 0 Å². The molecule has 0 atom stereocenters. The third-order valence-electron chi connectivity index (χ3n) is 1.78. The van der Waals surface area contributed by atoms with E-state index >= 15 is 0 Å². The molecule has 1 aromatic rings. The summed E-state index contributed by atoms with van der Waals surface area (Å²) in [7, 11) is 0. The first-order valence-electron chi connectivity index (χ1n) is 3.48. The molecule has 4 heteroatoms. The van der Waals surface area contributed by atoms with Crippen molar-refractivity contribution < 1.29 is 9.90 Å². The van der Waals surface area contributed by atoms with Crippen molar-refractivity contribution in [1.82, 2.24) is 0 Å². The Morgan fingerprint density at radius 2 is 2.25 bits per heavy atom. The van der Waals surface area contributed by atoms with Crippen LogP contribution in [-0.4, -0.2) is 11.0 Å². The summed E-state index contributed by atoms with van der Waals surface area (Å²) in [5.41, 5.74) is 1.38. The molecule has 0 fully saturated rings. The molecule has 0 radical (unpaired) electrons. The molecule has 2 N–H and O–H groups in total. The van der Waals surface area contributed by atoms with E-state index < -0.39 is 0 Å². The van der Waals surface area contributed by atoms with Gasteiger partial charge in [-0.2, -0.15) is 0 Å². The minimum Gasteiger partial charge on any atom is -0.506 e. The molecular weight excluding hydrogens is 222 g/mol. The molecule has 0 bridgehead atoms. The Morgan fingerprint density at radius 1 is 1.50 bits per heavy atom. The third-order valence-corrected chi connectivity index (χ3v) is 2.24. The maximum absolute atomic E-state index is 10.9. The zero-order valence-electron chi connectivity index (χ0n) is 6.10. The lowest BCUT2D eigenvalue weighted by molar-refractivity contribution is -0.115. The Morgan fingerprint density at radius 3 is 3.00 bits per heavy atom. The number of phenols is 1. The van der Waals surface area contributed by atoms with Gasteiger partial charge in [-0.1, -0.05) is 15.9 Å². The van der Waals surface area contributed by atoms with Crippen LogP contribution in [0.15, 0.2) is 16.6 Å². The van der Waals surface area contributed by atoms with Gasteiger partial charge >= 0.3 is 0 Å². The van der Waals surface area contributed by atoms with Gasteiger partial charge in [-0.3, -0.25) is 4.79 Å². The van der Waals surface area contributed by atoms with E-state index in [-0.39, 0.29) is 11.7 Å². The van der Waals surface area contributed by atoms with Crippen LogP contribution in [0.1, 0.15) is 5.56 Å². The molecular formula is C8H6BrNO2. The highest BCUT2D eigenvalue weighted by molar-refractivity contribution is 9.10. The molecule has 1 aliphatic rings. The summed E-state index contributed by atoms with van der Waals surface area (Å²) >= 11 is 3.24. The van der Waals surface area contributed by atoms with Crippen molar-refractivity contribution in [1.29, 1.82) is 0 Å². The topological polar surface area (TPSA) is 49.3 Å². The summed E-state index contributed by atoms with van der Waals surface area (Å²) in [6.07, 6.45) is 0.350. The zero-order chi connectivity index (χ0) is 8.72. The van der Waals surface area contributed by atoms with Crippen molar-refractivity contribution in [2.24, 2.45) is 0 Å². The van der Waals surface area contributed by atoms with Crippen molar-refractivity contribution >= 4 is 27.5 Å². The van der Waals surface area contributed by atoms with Gasteiger partial charge in [-0.05, 0) is 17.7 Å². The first-order chi connectivity index (χ1) is 5.66. The molecule has 1 aromatic carbocycles. The number of benzene rings is 1. The van der Waals surface area contributed by atoms with Gasteiger partial charge in [0, 0.05) is 4.47 Å². The lowest BCUT2D eigenvalue weighted by atomic mass is 10.1. The first kappa shape index (κ1) is 7.61. The van der Waals surface area contributed by atoms with Crippen molar-refractivity contribution in [2.75, 3.05) is 5.32 Å². The second-order valence-electron chi connectivity index (χ2n) is 2.68.